The number of hydrogen-bond donors (Lipinski definition) is 0. The van der Waals surface area contributed by atoms with E-state index in [1.54, 1.807) is 24.3 Å². The van der Waals surface area contributed by atoms with Crippen molar-refractivity contribution in [1.82, 2.24) is 0 Å². The molecule has 1 rings (SSSR count). The Bertz CT molecular complexity index is 482. The van der Waals surface area contributed by atoms with Crippen LogP contribution in [-0.2, 0) is 13.9 Å². The summed E-state index contributed by atoms with van der Waals surface area (Å²) in [6, 6.07) is 8.90. The Labute approximate surface area is 128 Å². The van der Waals surface area contributed by atoms with Crippen LogP contribution in [-0.4, -0.2) is 11.6 Å². The Morgan fingerprint density at radius 3 is 2.29 bits per heavy atom. The molecule has 0 spiro atoms. The first-order valence-corrected chi connectivity index (χ1v) is 9.46. The average Bonchev–Trinajstić information content (AvgIpc) is 2.48. The summed E-state index contributed by atoms with van der Waals surface area (Å²) in [6.45, 7) is 7.70. The van der Waals surface area contributed by atoms with Gasteiger partial charge in [0.05, 0.1) is 6.10 Å². The summed E-state index contributed by atoms with van der Waals surface area (Å²) in [5.74, 6) is -0.185. The maximum absolute atomic E-state index is 13.3. The highest BCUT2D eigenvalue weighted by Crippen LogP contribution is 2.51. The molecule has 2 unspecified atom stereocenters. The van der Waals surface area contributed by atoms with Crippen molar-refractivity contribution < 1.29 is 13.9 Å². The molecule has 0 fully saturated rings. The highest BCUT2D eigenvalue weighted by atomic mass is 31.2. The molecule has 2 atom stereocenters. The predicted molar refractivity (Wildman–Crippen MR) is 88.2 cm³/mol. The first kappa shape index (κ1) is 18.1. The van der Waals surface area contributed by atoms with Crippen LogP contribution in [0.3, 0.4) is 0 Å². The summed E-state index contributed by atoms with van der Waals surface area (Å²) < 4.78 is 19.0. The minimum atomic E-state index is -3.47. The average molecular weight is 310 g/mol. The third kappa shape index (κ3) is 4.79. The normalized spacial score (nSPS) is 15.7. The van der Waals surface area contributed by atoms with Crippen molar-refractivity contribution >= 4 is 18.2 Å². The van der Waals surface area contributed by atoms with Crippen LogP contribution >= 0.6 is 7.37 Å². The standard InChI is InChI=1S/C17H27O3P/c1-5-7-11-15(6-2)17(18)21(19,20-14(3)4)16-12-9-8-10-13-16/h8-10,12-15H,5-7,11H2,1-4H3. The number of rotatable bonds is 9. The fourth-order valence-corrected chi connectivity index (χ4v) is 4.79. The van der Waals surface area contributed by atoms with Crippen LogP contribution < -0.4 is 5.30 Å². The second-order valence-electron chi connectivity index (χ2n) is 5.63. The van der Waals surface area contributed by atoms with E-state index in [4.69, 9.17) is 4.52 Å². The number of unbranched alkanes of at least 4 members (excludes halogenated alkanes) is 1. The quantitative estimate of drug-likeness (QED) is 0.618. The minimum absolute atomic E-state index is 0.185. The van der Waals surface area contributed by atoms with E-state index in [2.05, 4.69) is 6.92 Å². The number of hydrogen-bond acceptors (Lipinski definition) is 3. The van der Waals surface area contributed by atoms with E-state index in [-0.39, 0.29) is 17.5 Å². The second-order valence-corrected chi connectivity index (χ2v) is 7.90. The summed E-state index contributed by atoms with van der Waals surface area (Å²) in [5.41, 5.74) is -0.224. The monoisotopic (exact) mass is 310 g/mol. The molecule has 0 radical (unpaired) electrons. The van der Waals surface area contributed by atoms with Gasteiger partial charge < -0.3 is 4.52 Å². The fourth-order valence-electron chi connectivity index (χ4n) is 2.35. The van der Waals surface area contributed by atoms with Gasteiger partial charge in [-0.1, -0.05) is 44.9 Å². The molecule has 0 saturated heterocycles. The van der Waals surface area contributed by atoms with Crippen LogP contribution in [0.1, 0.15) is 53.4 Å². The lowest BCUT2D eigenvalue weighted by Crippen LogP contribution is -2.24. The largest absolute Gasteiger partial charge is 0.317 e. The summed E-state index contributed by atoms with van der Waals surface area (Å²) >= 11 is 0. The van der Waals surface area contributed by atoms with Crippen molar-refractivity contribution in [1.29, 1.82) is 0 Å². The first-order chi connectivity index (χ1) is 9.95. The van der Waals surface area contributed by atoms with Gasteiger partial charge in [0.15, 0.2) is 0 Å². The summed E-state index contributed by atoms with van der Waals surface area (Å²) in [5, 5.41) is 0.513. The van der Waals surface area contributed by atoms with Gasteiger partial charge in [-0.15, -0.1) is 0 Å². The number of benzene rings is 1. The molecule has 4 heteroatoms. The fraction of sp³-hybridized carbons (Fsp3) is 0.588. The summed E-state index contributed by atoms with van der Waals surface area (Å²) in [7, 11) is -3.47. The van der Waals surface area contributed by atoms with E-state index in [1.165, 1.54) is 0 Å². The van der Waals surface area contributed by atoms with E-state index in [0.29, 0.717) is 11.7 Å². The van der Waals surface area contributed by atoms with Gasteiger partial charge >= 0.3 is 0 Å². The second kappa shape index (κ2) is 8.51. The van der Waals surface area contributed by atoms with Crippen LogP contribution in [0.25, 0.3) is 0 Å². The molecule has 0 aliphatic carbocycles. The molecule has 0 aliphatic rings. The van der Waals surface area contributed by atoms with E-state index < -0.39 is 7.37 Å². The molecule has 3 nitrogen and oxygen atoms in total. The summed E-state index contributed by atoms with van der Waals surface area (Å²) in [4.78, 5) is 12.8. The number of carbonyl (C=O) groups excluding carboxylic acids is 1. The Balaban J connectivity index is 3.12. The molecule has 0 N–H and O–H groups in total. The van der Waals surface area contributed by atoms with Gasteiger partial charge in [-0.05, 0) is 38.8 Å². The maximum Gasteiger partial charge on any atom is 0.296 e. The Kier molecular flexibility index (Phi) is 7.34. The predicted octanol–water partition coefficient (Wildman–Crippen LogP) is 4.76. The van der Waals surface area contributed by atoms with Crippen LogP contribution in [0.4, 0.5) is 0 Å². The maximum atomic E-state index is 13.3. The third-order valence-electron chi connectivity index (χ3n) is 3.49. The van der Waals surface area contributed by atoms with Gasteiger partial charge in [-0.25, -0.2) is 0 Å². The Hall–Kier alpha value is -0.920. The lowest BCUT2D eigenvalue weighted by Gasteiger charge is -2.24. The van der Waals surface area contributed by atoms with Crippen molar-refractivity contribution in [2.75, 3.05) is 0 Å². The van der Waals surface area contributed by atoms with Crippen LogP contribution in [0.15, 0.2) is 30.3 Å². The molecule has 0 aromatic heterocycles. The molecule has 0 amide bonds. The molecular formula is C17H27O3P. The molecular weight excluding hydrogens is 283 g/mol. The zero-order chi connectivity index (χ0) is 15.9. The molecule has 21 heavy (non-hydrogen) atoms. The molecule has 0 heterocycles. The van der Waals surface area contributed by atoms with Gasteiger partial charge in [-0.2, -0.15) is 0 Å². The molecule has 0 saturated carbocycles. The SMILES string of the molecule is CCCCC(CC)C(=O)P(=O)(OC(C)C)c1ccccc1. The van der Waals surface area contributed by atoms with Crippen molar-refractivity contribution in [2.45, 2.75) is 59.5 Å². The zero-order valence-electron chi connectivity index (χ0n) is 13.5. The lowest BCUT2D eigenvalue weighted by molar-refractivity contribution is -0.116. The molecule has 1 aromatic carbocycles. The van der Waals surface area contributed by atoms with Crippen LogP contribution in [0.5, 0.6) is 0 Å². The Morgan fingerprint density at radius 2 is 1.81 bits per heavy atom. The molecule has 1 aromatic rings. The van der Waals surface area contributed by atoms with Crippen LogP contribution in [0.2, 0.25) is 0 Å². The number of carbonyl (C=O) groups is 1. The van der Waals surface area contributed by atoms with Crippen LogP contribution in [0, 0.1) is 5.92 Å². The van der Waals surface area contributed by atoms with Crippen molar-refractivity contribution in [3.63, 3.8) is 0 Å². The molecule has 118 valence electrons. The van der Waals surface area contributed by atoms with Gasteiger partial charge in [-0.3, -0.25) is 9.36 Å². The van der Waals surface area contributed by atoms with E-state index in [9.17, 15) is 9.36 Å². The van der Waals surface area contributed by atoms with Gasteiger partial charge in [0.2, 0.25) is 5.52 Å². The summed E-state index contributed by atoms with van der Waals surface area (Å²) in [6.07, 6.45) is 3.25. The third-order valence-corrected chi connectivity index (χ3v) is 6.14. The zero-order valence-corrected chi connectivity index (χ0v) is 14.4. The molecule has 0 aliphatic heterocycles. The highest BCUT2D eigenvalue weighted by Gasteiger charge is 2.39. The highest BCUT2D eigenvalue weighted by molar-refractivity contribution is 7.82. The Morgan fingerprint density at radius 1 is 1.19 bits per heavy atom. The van der Waals surface area contributed by atoms with E-state index >= 15 is 0 Å². The smallest absolute Gasteiger partial charge is 0.296 e. The molecule has 0 bridgehead atoms. The van der Waals surface area contributed by atoms with Crippen molar-refractivity contribution in [3.8, 4) is 0 Å². The van der Waals surface area contributed by atoms with Crippen molar-refractivity contribution in [2.24, 2.45) is 5.92 Å². The van der Waals surface area contributed by atoms with Gasteiger partial charge in [0.1, 0.15) is 0 Å². The minimum Gasteiger partial charge on any atom is -0.317 e. The van der Waals surface area contributed by atoms with Gasteiger partial charge in [0, 0.05) is 11.2 Å². The first-order valence-electron chi connectivity index (χ1n) is 7.84. The van der Waals surface area contributed by atoms with Gasteiger partial charge in [0.25, 0.3) is 7.37 Å². The topological polar surface area (TPSA) is 43.4 Å². The van der Waals surface area contributed by atoms with Crippen molar-refractivity contribution in [3.05, 3.63) is 30.3 Å². The lowest BCUT2D eigenvalue weighted by atomic mass is 10.0. The van der Waals surface area contributed by atoms with E-state index in [1.807, 2.05) is 26.8 Å². The van der Waals surface area contributed by atoms with E-state index in [0.717, 1.165) is 19.3 Å².